The summed E-state index contributed by atoms with van der Waals surface area (Å²) in [5, 5.41) is 3.11. The lowest BCUT2D eigenvalue weighted by Crippen LogP contribution is -2.46. The molecule has 0 aromatic heterocycles. The van der Waals surface area contributed by atoms with Gasteiger partial charge < -0.3 is 10.2 Å². The fraction of sp³-hybridized carbons (Fsp3) is 0.636. The minimum absolute atomic E-state index is 0.0733. The van der Waals surface area contributed by atoms with E-state index in [4.69, 9.17) is 0 Å². The van der Waals surface area contributed by atoms with Crippen LogP contribution in [-0.2, 0) is 19.6 Å². The van der Waals surface area contributed by atoms with Crippen LogP contribution in [0.2, 0.25) is 0 Å². The molecule has 170 valence electrons. The van der Waals surface area contributed by atoms with Crippen molar-refractivity contribution in [3.8, 4) is 0 Å². The molecule has 1 N–H and O–H groups in total. The Hall–Kier alpha value is -1.58. The van der Waals surface area contributed by atoms with Crippen molar-refractivity contribution in [1.29, 1.82) is 0 Å². The highest BCUT2D eigenvalue weighted by Gasteiger charge is 2.32. The van der Waals surface area contributed by atoms with Crippen LogP contribution in [0.3, 0.4) is 0 Å². The van der Waals surface area contributed by atoms with Gasteiger partial charge in [0.05, 0.1) is 16.3 Å². The van der Waals surface area contributed by atoms with Gasteiger partial charge in [-0.15, -0.1) is 11.8 Å². The molecule has 1 aromatic carbocycles. The van der Waals surface area contributed by atoms with Crippen molar-refractivity contribution in [2.45, 2.75) is 73.6 Å². The van der Waals surface area contributed by atoms with Gasteiger partial charge in [-0.3, -0.25) is 9.59 Å². The summed E-state index contributed by atoms with van der Waals surface area (Å²) in [6, 6.07) is 5.09. The number of amides is 2. The SMILES string of the molecule is O=C(CN1C(=O)CSc2ccc(S(=O)(=O)N3CCCC3)cc21)NC1CCCCCCC1. The van der Waals surface area contributed by atoms with Crippen LogP contribution in [-0.4, -0.2) is 56.0 Å². The van der Waals surface area contributed by atoms with E-state index in [1.54, 1.807) is 18.2 Å². The number of hydrogen-bond donors (Lipinski definition) is 1. The third-order valence-corrected chi connectivity index (χ3v) is 9.29. The molecule has 7 nitrogen and oxygen atoms in total. The number of carbonyl (C=O) groups excluding carboxylic acids is 2. The molecule has 0 bridgehead atoms. The fourth-order valence-corrected chi connectivity index (χ4v) is 7.06. The van der Waals surface area contributed by atoms with E-state index < -0.39 is 10.0 Å². The van der Waals surface area contributed by atoms with Crippen molar-refractivity contribution in [3.63, 3.8) is 0 Å². The molecule has 4 rings (SSSR count). The number of thioether (sulfide) groups is 1. The lowest BCUT2D eigenvalue weighted by molar-refractivity contribution is -0.123. The van der Waals surface area contributed by atoms with Gasteiger partial charge in [0.15, 0.2) is 0 Å². The highest BCUT2D eigenvalue weighted by atomic mass is 32.2. The first kappa shape index (κ1) is 22.6. The van der Waals surface area contributed by atoms with E-state index in [2.05, 4.69) is 5.32 Å². The molecule has 0 radical (unpaired) electrons. The highest BCUT2D eigenvalue weighted by Crippen LogP contribution is 2.37. The van der Waals surface area contributed by atoms with Gasteiger partial charge in [0, 0.05) is 24.0 Å². The quantitative estimate of drug-likeness (QED) is 0.722. The minimum atomic E-state index is -3.59. The second kappa shape index (κ2) is 9.92. The van der Waals surface area contributed by atoms with Crippen LogP contribution in [0.1, 0.15) is 57.8 Å². The number of sulfonamides is 1. The van der Waals surface area contributed by atoms with Crippen LogP contribution in [0.15, 0.2) is 28.0 Å². The minimum Gasteiger partial charge on any atom is -0.352 e. The largest absolute Gasteiger partial charge is 0.352 e. The molecule has 0 spiro atoms. The summed E-state index contributed by atoms with van der Waals surface area (Å²) in [4.78, 5) is 27.9. The van der Waals surface area contributed by atoms with E-state index in [0.29, 0.717) is 18.8 Å². The Kier molecular flexibility index (Phi) is 7.23. The predicted molar refractivity (Wildman–Crippen MR) is 122 cm³/mol. The maximum atomic E-state index is 13.0. The van der Waals surface area contributed by atoms with E-state index in [-0.39, 0.29) is 35.0 Å². The first-order valence-corrected chi connectivity index (χ1v) is 13.7. The van der Waals surface area contributed by atoms with Crippen molar-refractivity contribution in [1.82, 2.24) is 9.62 Å². The van der Waals surface area contributed by atoms with Gasteiger partial charge in [0.25, 0.3) is 0 Å². The molecule has 9 heteroatoms. The molecular formula is C22H31N3O4S2. The number of rotatable bonds is 5. The molecule has 2 heterocycles. The molecule has 31 heavy (non-hydrogen) atoms. The van der Waals surface area contributed by atoms with Gasteiger partial charge in [-0.1, -0.05) is 32.1 Å². The standard InChI is InChI=1S/C22H31N3O4S2/c26-21(23-17-8-4-2-1-3-5-9-17)15-25-19-14-18(10-11-20(19)30-16-22(25)27)31(28,29)24-12-6-7-13-24/h10-11,14,17H,1-9,12-13,15-16H2,(H,23,26). The van der Waals surface area contributed by atoms with E-state index in [1.165, 1.54) is 40.2 Å². The van der Waals surface area contributed by atoms with Crippen molar-refractivity contribution in [3.05, 3.63) is 18.2 Å². The van der Waals surface area contributed by atoms with Crippen LogP contribution < -0.4 is 10.2 Å². The lowest BCUT2D eigenvalue weighted by atomic mass is 9.97. The maximum Gasteiger partial charge on any atom is 0.243 e. The van der Waals surface area contributed by atoms with E-state index in [1.807, 2.05) is 0 Å². The van der Waals surface area contributed by atoms with Gasteiger partial charge in [-0.25, -0.2) is 8.42 Å². The number of benzene rings is 1. The van der Waals surface area contributed by atoms with Gasteiger partial charge in [0.2, 0.25) is 21.8 Å². The van der Waals surface area contributed by atoms with Gasteiger partial charge >= 0.3 is 0 Å². The van der Waals surface area contributed by atoms with E-state index in [0.717, 1.165) is 43.4 Å². The van der Waals surface area contributed by atoms with Crippen LogP contribution in [0.4, 0.5) is 5.69 Å². The number of anilines is 1. The summed E-state index contributed by atoms with van der Waals surface area (Å²) < 4.78 is 27.5. The second-order valence-electron chi connectivity index (χ2n) is 8.62. The summed E-state index contributed by atoms with van der Waals surface area (Å²) in [6.45, 7) is 0.983. The van der Waals surface area contributed by atoms with Crippen LogP contribution >= 0.6 is 11.8 Å². The van der Waals surface area contributed by atoms with Crippen molar-refractivity contribution < 1.29 is 18.0 Å². The zero-order valence-electron chi connectivity index (χ0n) is 17.8. The lowest BCUT2D eigenvalue weighted by Gasteiger charge is -2.30. The summed E-state index contributed by atoms with van der Waals surface area (Å²) in [6.07, 6.45) is 9.59. The maximum absolute atomic E-state index is 13.0. The number of carbonyl (C=O) groups is 2. The van der Waals surface area contributed by atoms with E-state index >= 15 is 0 Å². The summed E-state index contributed by atoms with van der Waals surface area (Å²) in [5.41, 5.74) is 0.523. The van der Waals surface area contributed by atoms with Crippen molar-refractivity contribution in [2.75, 3.05) is 30.3 Å². The highest BCUT2D eigenvalue weighted by molar-refractivity contribution is 8.00. The Morgan fingerprint density at radius 1 is 1.03 bits per heavy atom. The predicted octanol–water partition coefficient (Wildman–Crippen LogP) is 3.14. The molecule has 2 aliphatic heterocycles. The zero-order valence-corrected chi connectivity index (χ0v) is 19.5. The molecule has 2 amide bonds. The average Bonchev–Trinajstić information content (AvgIpc) is 3.27. The molecule has 2 fully saturated rings. The number of fused-ring (bicyclic) bond motifs is 1. The van der Waals surface area contributed by atoms with Crippen LogP contribution in [0.5, 0.6) is 0 Å². The molecule has 1 aromatic rings. The number of hydrogen-bond acceptors (Lipinski definition) is 5. The topological polar surface area (TPSA) is 86.8 Å². The zero-order chi connectivity index (χ0) is 21.8. The van der Waals surface area contributed by atoms with Gasteiger partial charge in [-0.05, 0) is 43.9 Å². The molecule has 1 saturated carbocycles. The molecule has 1 saturated heterocycles. The van der Waals surface area contributed by atoms with Crippen LogP contribution in [0, 0.1) is 0 Å². The second-order valence-corrected chi connectivity index (χ2v) is 11.6. The Balaban J connectivity index is 1.51. The smallest absolute Gasteiger partial charge is 0.243 e. The average molecular weight is 466 g/mol. The third kappa shape index (κ3) is 5.26. The van der Waals surface area contributed by atoms with Crippen LogP contribution in [0.25, 0.3) is 0 Å². The Bertz CT molecular complexity index is 921. The van der Waals surface area contributed by atoms with Gasteiger partial charge in [-0.2, -0.15) is 4.31 Å². The Morgan fingerprint density at radius 2 is 1.71 bits per heavy atom. The first-order chi connectivity index (χ1) is 14.9. The molecule has 0 unspecified atom stereocenters. The molecule has 3 aliphatic rings. The van der Waals surface area contributed by atoms with Crippen molar-refractivity contribution in [2.24, 2.45) is 0 Å². The number of nitrogens with zero attached hydrogens (tertiary/aromatic N) is 2. The first-order valence-electron chi connectivity index (χ1n) is 11.3. The summed E-state index contributed by atoms with van der Waals surface area (Å²) in [7, 11) is -3.59. The number of nitrogens with one attached hydrogen (secondary N) is 1. The molecule has 0 atom stereocenters. The monoisotopic (exact) mass is 465 g/mol. The van der Waals surface area contributed by atoms with Crippen molar-refractivity contribution >= 4 is 39.3 Å². The summed E-state index contributed by atoms with van der Waals surface area (Å²) in [5.74, 6) is -0.0901. The molecular weight excluding hydrogens is 434 g/mol. The third-order valence-electron chi connectivity index (χ3n) is 6.35. The Morgan fingerprint density at radius 3 is 2.42 bits per heavy atom. The Labute approximate surface area is 189 Å². The normalized spacial score (nSPS) is 21.4. The fourth-order valence-electron chi connectivity index (χ4n) is 4.61. The van der Waals surface area contributed by atoms with E-state index in [9.17, 15) is 18.0 Å². The molecule has 1 aliphatic carbocycles. The summed E-state index contributed by atoms with van der Waals surface area (Å²) >= 11 is 1.39. The van der Waals surface area contributed by atoms with Gasteiger partial charge in [0.1, 0.15) is 6.54 Å².